The van der Waals surface area contributed by atoms with Gasteiger partial charge in [0.1, 0.15) is 11.4 Å². The highest BCUT2D eigenvalue weighted by Crippen LogP contribution is 2.30. The number of fused-ring (bicyclic) bond motifs is 1. The molecule has 0 aliphatic carbocycles. The van der Waals surface area contributed by atoms with Crippen LogP contribution in [0.3, 0.4) is 0 Å². The third-order valence-electron chi connectivity index (χ3n) is 7.99. The number of amides is 4. The minimum atomic E-state index is -0.955. The Kier molecular flexibility index (Phi) is 7.83. The summed E-state index contributed by atoms with van der Waals surface area (Å²) in [5.74, 6) is -0.312. The number of likely N-dealkylation sites (tertiary alicyclic amines) is 1. The number of carbonyl (C=O) groups excluding carboxylic acids is 3. The number of halogens is 1. The van der Waals surface area contributed by atoms with Crippen LogP contribution in [0.15, 0.2) is 36.5 Å². The first kappa shape index (κ1) is 27.1. The summed E-state index contributed by atoms with van der Waals surface area (Å²) in [4.78, 5) is 46.2. The summed E-state index contributed by atoms with van der Waals surface area (Å²) in [5.41, 5.74) is 2.35. The lowest BCUT2D eigenvalue weighted by Gasteiger charge is -2.38. The van der Waals surface area contributed by atoms with Gasteiger partial charge in [0.2, 0.25) is 11.8 Å². The molecule has 208 valence electrons. The summed E-state index contributed by atoms with van der Waals surface area (Å²) in [5, 5.41) is 5.88. The number of urea groups is 1. The van der Waals surface area contributed by atoms with Crippen LogP contribution >= 0.6 is 0 Å². The molecule has 5 rings (SSSR count). The number of aromatic nitrogens is 1. The van der Waals surface area contributed by atoms with Crippen molar-refractivity contribution in [1.29, 1.82) is 0 Å². The predicted octanol–water partition coefficient (Wildman–Crippen LogP) is 3.80. The van der Waals surface area contributed by atoms with Crippen molar-refractivity contribution < 1.29 is 23.5 Å². The van der Waals surface area contributed by atoms with Crippen LogP contribution in [0.25, 0.3) is 0 Å². The van der Waals surface area contributed by atoms with Gasteiger partial charge in [-0.05, 0) is 74.8 Å². The molecule has 0 spiro atoms. The van der Waals surface area contributed by atoms with Crippen LogP contribution in [0, 0.1) is 11.7 Å². The lowest BCUT2D eigenvalue weighted by atomic mass is 9.88. The first-order valence-corrected chi connectivity index (χ1v) is 13.7. The number of hydrogen-bond donors (Lipinski definition) is 2. The number of pyridine rings is 1. The number of nitrogens with zero attached hydrogens (tertiary/aromatic N) is 3. The van der Waals surface area contributed by atoms with Crippen LogP contribution in [-0.2, 0) is 27.4 Å². The second-order valence-corrected chi connectivity index (χ2v) is 11.2. The number of anilines is 1. The maximum atomic E-state index is 13.4. The van der Waals surface area contributed by atoms with Crippen molar-refractivity contribution in [1.82, 2.24) is 20.1 Å². The van der Waals surface area contributed by atoms with E-state index in [1.807, 2.05) is 29.2 Å². The second-order valence-electron chi connectivity index (χ2n) is 11.2. The number of benzene rings is 1. The summed E-state index contributed by atoms with van der Waals surface area (Å²) in [7, 11) is 0. The normalized spacial score (nSPS) is 18.5. The molecular formula is C29H36FN5O4. The Hall–Kier alpha value is -3.53. The SMILES string of the molecule is CC(C)(NC(=O)C1CCOCC1)C(=O)N1CCC(c2ccc(NC(=O)N3Cc4cc(F)cnc4C3)cc2)CC1. The maximum absolute atomic E-state index is 13.4. The number of piperidine rings is 1. The molecule has 3 aliphatic rings. The van der Waals surface area contributed by atoms with E-state index in [2.05, 4.69) is 15.6 Å². The molecule has 39 heavy (non-hydrogen) atoms. The van der Waals surface area contributed by atoms with E-state index in [9.17, 15) is 18.8 Å². The zero-order chi connectivity index (χ0) is 27.6. The number of ether oxygens (including phenoxy) is 1. The second kappa shape index (κ2) is 11.3. The van der Waals surface area contributed by atoms with Gasteiger partial charge in [0.05, 0.1) is 18.4 Å². The summed E-state index contributed by atoms with van der Waals surface area (Å²) < 4.78 is 18.8. The van der Waals surface area contributed by atoms with E-state index in [0.717, 1.165) is 24.1 Å². The standard InChI is InChI=1S/C29H36FN5O4/c1-29(2,33-26(36)21-9-13-39-14-10-21)27(37)34-11-7-20(8-12-34)19-3-5-24(6-4-19)32-28(38)35-17-22-15-23(30)16-31-25(22)18-35/h3-6,15-16,20-21H,7-14,17-18H2,1-2H3,(H,32,38)(H,33,36). The molecule has 3 aliphatic heterocycles. The van der Waals surface area contributed by atoms with E-state index < -0.39 is 11.4 Å². The van der Waals surface area contributed by atoms with E-state index in [-0.39, 0.29) is 23.8 Å². The monoisotopic (exact) mass is 537 g/mol. The van der Waals surface area contributed by atoms with Crippen molar-refractivity contribution in [2.24, 2.45) is 5.92 Å². The molecule has 9 nitrogen and oxygen atoms in total. The molecule has 4 amide bonds. The molecule has 1 aromatic heterocycles. The van der Waals surface area contributed by atoms with Gasteiger partial charge < -0.3 is 25.2 Å². The molecule has 2 fully saturated rings. The minimum absolute atomic E-state index is 0.0542. The van der Waals surface area contributed by atoms with Gasteiger partial charge in [0.25, 0.3) is 0 Å². The molecular weight excluding hydrogens is 501 g/mol. The van der Waals surface area contributed by atoms with Crippen molar-refractivity contribution in [2.75, 3.05) is 31.6 Å². The Morgan fingerprint density at radius 1 is 1.00 bits per heavy atom. The number of rotatable bonds is 5. The van der Waals surface area contributed by atoms with Crippen molar-refractivity contribution in [3.05, 3.63) is 59.2 Å². The molecule has 0 saturated carbocycles. The molecule has 4 heterocycles. The first-order chi connectivity index (χ1) is 18.7. The topological polar surface area (TPSA) is 104 Å². The average Bonchev–Trinajstić information content (AvgIpc) is 3.37. The fourth-order valence-corrected chi connectivity index (χ4v) is 5.65. The molecule has 10 heteroatoms. The summed E-state index contributed by atoms with van der Waals surface area (Å²) in [6, 6.07) is 8.99. The predicted molar refractivity (Wildman–Crippen MR) is 143 cm³/mol. The van der Waals surface area contributed by atoms with Crippen LogP contribution in [0.1, 0.15) is 62.3 Å². The van der Waals surface area contributed by atoms with E-state index >= 15 is 0 Å². The van der Waals surface area contributed by atoms with E-state index in [1.54, 1.807) is 18.7 Å². The first-order valence-electron chi connectivity index (χ1n) is 13.7. The van der Waals surface area contributed by atoms with Crippen molar-refractivity contribution >= 4 is 23.5 Å². The van der Waals surface area contributed by atoms with Gasteiger partial charge in [-0.1, -0.05) is 12.1 Å². The number of carbonyl (C=O) groups is 3. The van der Waals surface area contributed by atoms with Crippen LogP contribution in [-0.4, -0.2) is 64.5 Å². The molecule has 2 aromatic rings. The Bertz CT molecular complexity index is 1220. The smallest absolute Gasteiger partial charge is 0.322 e. The van der Waals surface area contributed by atoms with Crippen LogP contribution in [0.4, 0.5) is 14.9 Å². The summed E-state index contributed by atoms with van der Waals surface area (Å²) in [6.45, 7) is 6.67. The molecule has 0 unspecified atom stereocenters. The quantitative estimate of drug-likeness (QED) is 0.604. The third kappa shape index (κ3) is 6.21. The fourth-order valence-electron chi connectivity index (χ4n) is 5.65. The Labute approximate surface area is 228 Å². The van der Waals surface area contributed by atoms with Crippen molar-refractivity contribution in [2.45, 2.75) is 64.1 Å². The van der Waals surface area contributed by atoms with Gasteiger partial charge in [-0.15, -0.1) is 0 Å². The highest BCUT2D eigenvalue weighted by molar-refractivity contribution is 5.91. The Morgan fingerprint density at radius 2 is 1.69 bits per heavy atom. The lowest BCUT2D eigenvalue weighted by Crippen LogP contribution is -2.58. The third-order valence-corrected chi connectivity index (χ3v) is 7.99. The molecule has 0 bridgehead atoms. The lowest BCUT2D eigenvalue weighted by molar-refractivity contribution is -0.143. The Balaban J connectivity index is 1.10. The summed E-state index contributed by atoms with van der Waals surface area (Å²) >= 11 is 0. The van der Waals surface area contributed by atoms with Crippen LogP contribution in [0.5, 0.6) is 0 Å². The van der Waals surface area contributed by atoms with Gasteiger partial charge in [-0.25, -0.2) is 9.18 Å². The average molecular weight is 538 g/mol. The Morgan fingerprint density at radius 3 is 2.38 bits per heavy atom. The summed E-state index contributed by atoms with van der Waals surface area (Å²) in [6.07, 6.45) is 4.21. The van der Waals surface area contributed by atoms with Crippen molar-refractivity contribution in [3.8, 4) is 0 Å². The molecule has 0 atom stereocenters. The highest BCUT2D eigenvalue weighted by atomic mass is 19.1. The molecule has 1 aromatic carbocycles. The zero-order valence-corrected chi connectivity index (χ0v) is 22.5. The minimum Gasteiger partial charge on any atom is -0.381 e. The molecule has 2 N–H and O–H groups in total. The van der Waals surface area contributed by atoms with Gasteiger partial charge in [-0.3, -0.25) is 14.6 Å². The maximum Gasteiger partial charge on any atom is 0.322 e. The van der Waals surface area contributed by atoms with Gasteiger partial charge in [-0.2, -0.15) is 0 Å². The van der Waals surface area contributed by atoms with Crippen molar-refractivity contribution in [3.63, 3.8) is 0 Å². The van der Waals surface area contributed by atoms with E-state index in [1.165, 1.54) is 17.8 Å². The zero-order valence-electron chi connectivity index (χ0n) is 22.5. The molecule has 2 saturated heterocycles. The number of hydrogen-bond acceptors (Lipinski definition) is 5. The largest absolute Gasteiger partial charge is 0.381 e. The fraction of sp³-hybridized carbons (Fsp3) is 0.517. The van der Waals surface area contributed by atoms with Gasteiger partial charge >= 0.3 is 6.03 Å². The van der Waals surface area contributed by atoms with Crippen LogP contribution in [0.2, 0.25) is 0 Å². The van der Waals surface area contributed by atoms with E-state index in [0.29, 0.717) is 63.8 Å². The highest BCUT2D eigenvalue weighted by Gasteiger charge is 2.37. The van der Waals surface area contributed by atoms with Crippen LogP contribution < -0.4 is 10.6 Å². The van der Waals surface area contributed by atoms with Gasteiger partial charge in [0.15, 0.2) is 0 Å². The number of nitrogens with one attached hydrogen (secondary N) is 2. The molecule has 0 radical (unpaired) electrons. The van der Waals surface area contributed by atoms with Gasteiger partial charge in [0, 0.05) is 44.5 Å². The van der Waals surface area contributed by atoms with E-state index in [4.69, 9.17) is 4.74 Å².